The molecule has 0 bridgehead atoms. The third kappa shape index (κ3) is 2.57. The monoisotopic (exact) mass is 284 g/mol. The maximum atomic E-state index is 12.2. The van der Waals surface area contributed by atoms with Crippen LogP contribution in [0, 0.1) is 5.41 Å². The van der Waals surface area contributed by atoms with Gasteiger partial charge in [0, 0.05) is 17.9 Å². The fraction of sp³-hybridized carbons (Fsp3) is 0.769. The van der Waals surface area contributed by atoms with E-state index in [1.807, 2.05) is 0 Å². The lowest BCUT2D eigenvalue weighted by molar-refractivity contribution is -0.142. The summed E-state index contributed by atoms with van der Waals surface area (Å²) in [6.45, 7) is 5.17. The Kier molecular flexibility index (Phi) is 3.19. The highest BCUT2D eigenvalue weighted by Gasteiger charge is 2.68. The van der Waals surface area contributed by atoms with E-state index in [1.54, 1.807) is 20.8 Å². The smallest absolute Gasteiger partial charge is 0.411 e. The second kappa shape index (κ2) is 4.36. The number of fused-ring (bicyclic) bond motifs is 1. The molecular weight excluding hydrogens is 264 g/mol. The highest BCUT2D eigenvalue weighted by molar-refractivity contribution is 5.83. The van der Waals surface area contributed by atoms with Crippen molar-refractivity contribution in [1.82, 2.24) is 4.90 Å². The first-order chi connectivity index (χ1) is 9.06. The Morgan fingerprint density at radius 3 is 2.40 bits per heavy atom. The Morgan fingerprint density at radius 1 is 1.35 bits per heavy atom. The summed E-state index contributed by atoms with van der Waals surface area (Å²) < 4.78 is 5.26. The average molecular weight is 284 g/mol. The number of amides is 2. The molecule has 0 unspecified atom stereocenters. The Morgan fingerprint density at radius 2 is 1.95 bits per heavy atom. The molecule has 1 heterocycles. The minimum Gasteiger partial charge on any atom is -0.480 e. The summed E-state index contributed by atoms with van der Waals surface area (Å²) in [7, 11) is 0. The minimum atomic E-state index is -1.08. The van der Waals surface area contributed by atoms with Gasteiger partial charge in [-0.2, -0.15) is 0 Å². The van der Waals surface area contributed by atoms with Crippen molar-refractivity contribution in [3.8, 4) is 0 Å². The molecule has 0 aromatic carbocycles. The van der Waals surface area contributed by atoms with Crippen molar-refractivity contribution in [2.24, 2.45) is 11.1 Å². The number of carboxylic acid groups (broad SMARTS) is 1. The molecule has 0 aromatic rings. The number of ether oxygens (including phenoxy) is 1. The number of hydrogen-bond acceptors (Lipinski definition) is 4. The second-order valence-electron chi connectivity index (χ2n) is 6.67. The fourth-order valence-corrected chi connectivity index (χ4v) is 3.02. The Hall–Kier alpha value is -1.79. The molecule has 20 heavy (non-hydrogen) atoms. The molecule has 1 aliphatic heterocycles. The van der Waals surface area contributed by atoms with Crippen LogP contribution in [0.1, 0.15) is 40.0 Å². The van der Waals surface area contributed by atoms with E-state index in [0.717, 1.165) is 0 Å². The zero-order chi connectivity index (χ0) is 15.3. The first-order valence-electron chi connectivity index (χ1n) is 6.58. The van der Waals surface area contributed by atoms with E-state index < -0.39 is 35.0 Å². The zero-order valence-corrected chi connectivity index (χ0v) is 11.9. The number of hydrogen-bond donors (Lipinski definition) is 2. The van der Waals surface area contributed by atoms with Crippen LogP contribution in [0.4, 0.5) is 4.79 Å². The standard InChI is InChI=1S/C13H20N2O5/c1-12(2,3)20-11(19)15-7(10(17)18)4-13(5-8(13)15)6-9(14)16/h7-8H,4-6H2,1-3H3,(H2,14,16)(H,17,18)/t7-,8-,13+/m0/s1. The Balaban J connectivity index is 2.17. The number of carboxylic acids is 1. The van der Waals surface area contributed by atoms with Gasteiger partial charge in [-0.1, -0.05) is 0 Å². The van der Waals surface area contributed by atoms with Crippen LogP contribution in [0.25, 0.3) is 0 Å². The number of nitrogens with two attached hydrogens (primary N) is 1. The molecule has 2 amide bonds. The number of piperidine rings is 1. The van der Waals surface area contributed by atoms with Gasteiger partial charge in [0.25, 0.3) is 0 Å². The number of primary amides is 1. The van der Waals surface area contributed by atoms with Gasteiger partial charge >= 0.3 is 12.1 Å². The van der Waals surface area contributed by atoms with Gasteiger partial charge in [-0.25, -0.2) is 9.59 Å². The van der Waals surface area contributed by atoms with Gasteiger partial charge in [-0.05, 0) is 33.6 Å². The molecule has 1 saturated carbocycles. The first-order valence-corrected chi connectivity index (χ1v) is 6.58. The number of likely N-dealkylation sites (tertiary alicyclic amines) is 1. The largest absolute Gasteiger partial charge is 0.480 e. The molecule has 3 N–H and O–H groups in total. The average Bonchev–Trinajstić information content (AvgIpc) is 2.78. The van der Waals surface area contributed by atoms with Crippen molar-refractivity contribution >= 4 is 18.0 Å². The summed E-state index contributed by atoms with van der Waals surface area (Å²) in [5.41, 5.74) is 4.05. The SMILES string of the molecule is CC(C)(C)OC(=O)N1[C@H]2C[C@@]2(CC(N)=O)C[C@H]1C(=O)O. The number of rotatable bonds is 3. The van der Waals surface area contributed by atoms with E-state index in [9.17, 15) is 19.5 Å². The van der Waals surface area contributed by atoms with Crippen LogP contribution in [0.15, 0.2) is 0 Å². The maximum absolute atomic E-state index is 12.2. The highest BCUT2D eigenvalue weighted by Crippen LogP contribution is 2.61. The van der Waals surface area contributed by atoms with Crippen LogP contribution in [0.2, 0.25) is 0 Å². The lowest BCUT2D eigenvalue weighted by Gasteiger charge is -2.28. The first kappa shape index (κ1) is 14.6. The Bertz CT molecular complexity index is 470. The van der Waals surface area contributed by atoms with E-state index >= 15 is 0 Å². The van der Waals surface area contributed by atoms with Crippen LogP contribution in [-0.4, -0.2) is 45.7 Å². The van der Waals surface area contributed by atoms with E-state index in [-0.39, 0.29) is 18.9 Å². The van der Waals surface area contributed by atoms with E-state index in [4.69, 9.17) is 10.5 Å². The summed E-state index contributed by atoms with van der Waals surface area (Å²) in [6, 6.07) is -1.20. The van der Waals surface area contributed by atoms with Gasteiger partial charge in [0.2, 0.25) is 5.91 Å². The topological polar surface area (TPSA) is 110 Å². The van der Waals surface area contributed by atoms with Crippen molar-refractivity contribution in [1.29, 1.82) is 0 Å². The predicted octanol–water partition coefficient (Wildman–Crippen LogP) is 0.714. The predicted molar refractivity (Wildman–Crippen MR) is 68.8 cm³/mol. The summed E-state index contributed by atoms with van der Waals surface area (Å²) >= 11 is 0. The minimum absolute atomic E-state index is 0.112. The van der Waals surface area contributed by atoms with Gasteiger partial charge in [-0.15, -0.1) is 0 Å². The molecule has 1 saturated heterocycles. The number of aliphatic carboxylic acids is 1. The summed E-state index contributed by atoms with van der Waals surface area (Å²) in [5, 5.41) is 9.25. The van der Waals surface area contributed by atoms with Gasteiger partial charge < -0.3 is 15.6 Å². The number of carbonyl (C=O) groups excluding carboxylic acids is 2. The number of nitrogens with zero attached hydrogens (tertiary/aromatic N) is 1. The normalized spacial score (nSPS) is 31.6. The molecule has 2 rings (SSSR count). The van der Waals surface area contributed by atoms with Crippen molar-refractivity contribution in [3.63, 3.8) is 0 Å². The van der Waals surface area contributed by atoms with Gasteiger partial charge in [0.15, 0.2) is 0 Å². The molecule has 2 aliphatic rings. The molecule has 0 aromatic heterocycles. The molecule has 2 fully saturated rings. The maximum Gasteiger partial charge on any atom is 0.411 e. The van der Waals surface area contributed by atoms with Gasteiger partial charge in [0.1, 0.15) is 11.6 Å². The zero-order valence-electron chi connectivity index (χ0n) is 11.9. The van der Waals surface area contributed by atoms with Crippen molar-refractivity contribution in [3.05, 3.63) is 0 Å². The molecule has 7 nitrogen and oxygen atoms in total. The molecular formula is C13H20N2O5. The summed E-state index contributed by atoms with van der Waals surface area (Å²) in [5.74, 6) is -1.55. The lowest BCUT2D eigenvalue weighted by atomic mass is 9.95. The third-order valence-electron chi connectivity index (χ3n) is 3.83. The lowest BCUT2D eigenvalue weighted by Crippen LogP contribution is -2.45. The summed E-state index contributed by atoms with van der Waals surface area (Å²) in [6.07, 6.45) is 0.341. The number of carbonyl (C=O) groups is 3. The van der Waals surface area contributed by atoms with E-state index in [2.05, 4.69) is 0 Å². The van der Waals surface area contributed by atoms with Gasteiger partial charge in [0.05, 0.1) is 0 Å². The van der Waals surface area contributed by atoms with Crippen LogP contribution < -0.4 is 5.73 Å². The van der Waals surface area contributed by atoms with E-state index in [0.29, 0.717) is 6.42 Å². The fourth-order valence-electron chi connectivity index (χ4n) is 3.02. The molecule has 0 radical (unpaired) electrons. The Labute approximate surface area is 117 Å². The second-order valence-corrected chi connectivity index (χ2v) is 6.67. The van der Waals surface area contributed by atoms with Gasteiger partial charge in [-0.3, -0.25) is 9.69 Å². The quantitative estimate of drug-likeness (QED) is 0.793. The third-order valence-corrected chi connectivity index (χ3v) is 3.83. The van der Waals surface area contributed by atoms with Crippen LogP contribution >= 0.6 is 0 Å². The molecule has 1 aliphatic carbocycles. The van der Waals surface area contributed by atoms with Crippen LogP contribution in [0.3, 0.4) is 0 Å². The molecule has 7 heteroatoms. The highest BCUT2D eigenvalue weighted by atomic mass is 16.6. The van der Waals surface area contributed by atoms with Crippen molar-refractivity contribution < 1.29 is 24.2 Å². The van der Waals surface area contributed by atoms with Crippen LogP contribution in [0.5, 0.6) is 0 Å². The molecule has 0 spiro atoms. The van der Waals surface area contributed by atoms with Crippen LogP contribution in [-0.2, 0) is 14.3 Å². The van der Waals surface area contributed by atoms with E-state index in [1.165, 1.54) is 4.90 Å². The van der Waals surface area contributed by atoms with Crippen molar-refractivity contribution in [2.75, 3.05) is 0 Å². The van der Waals surface area contributed by atoms with Crippen molar-refractivity contribution in [2.45, 2.75) is 57.7 Å². The summed E-state index contributed by atoms with van der Waals surface area (Å²) in [4.78, 5) is 35.8. The molecule has 3 atom stereocenters. The molecule has 112 valence electrons.